The van der Waals surface area contributed by atoms with E-state index in [2.05, 4.69) is 45.1 Å². The van der Waals surface area contributed by atoms with Crippen molar-refractivity contribution in [2.75, 3.05) is 0 Å². The SMILES string of the molecule is CC(C)/C(=N/N)NN.CCC(C)(C)CC1CCC2C3CCC4CCCCC4(C)C3CCC12C. The van der Waals surface area contributed by atoms with Crippen molar-refractivity contribution in [3.8, 4) is 0 Å². The summed E-state index contributed by atoms with van der Waals surface area (Å²) in [6.07, 6.45) is 18.3. The minimum absolute atomic E-state index is 0.269. The fraction of sp³-hybridized carbons (Fsp3) is 0.966. The van der Waals surface area contributed by atoms with Crippen LogP contribution < -0.4 is 17.1 Å². The van der Waals surface area contributed by atoms with Gasteiger partial charge in [-0.05, 0) is 104 Å². The van der Waals surface area contributed by atoms with Gasteiger partial charge in [-0.25, -0.2) is 5.84 Å². The topological polar surface area (TPSA) is 76.4 Å². The maximum Gasteiger partial charge on any atom is 0.138 e. The Hall–Kier alpha value is -0.770. The van der Waals surface area contributed by atoms with E-state index in [-0.39, 0.29) is 5.92 Å². The van der Waals surface area contributed by atoms with Crippen molar-refractivity contribution in [1.29, 1.82) is 0 Å². The lowest BCUT2D eigenvalue weighted by Gasteiger charge is -2.60. The van der Waals surface area contributed by atoms with Gasteiger partial charge >= 0.3 is 0 Å². The monoisotopic (exact) mass is 460 g/mol. The van der Waals surface area contributed by atoms with Crippen molar-refractivity contribution < 1.29 is 0 Å². The Labute approximate surface area is 205 Å². The number of hydrazone groups is 1. The standard InChI is InChI=1S/C25H44.C4H12N4/c1-6-23(2,3)17-19-11-13-21-20-12-10-18-9-7-8-15-24(18,4)22(20)14-16-25(19,21)5;1-3(2)4(7-5)8-6/h18-22H,6-17H2,1-5H3;3H,5-6H2,1-2H3,(H,7,8). The molecule has 0 spiro atoms. The van der Waals surface area contributed by atoms with E-state index in [1.54, 1.807) is 44.9 Å². The normalized spacial score (nSPS) is 40.9. The number of hydrogen-bond acceptors (Lipinski definition) is 3. The molecule has 0 amide bonds. The Morgan fingerprint density at radius 2 is 1.67 bits per heavy atom. The molecule has 0 saturated heterocycles. The van der Waals surface area contributed by atoms with E-state index in [4.69, 9.17) is 11.7 Å². The van der Waals surface area contributed by atoms with Crippen LogP contribution in [-0.2, 0) is 0 Å². The lowest BCUT2D eigenvalue weighted by molar-refractivity contribution is -0.113. The lowest BCUT2D eigenvalue weighted by atomic mass is 9.44. The summed E-state index contributed by atoms with van der Waals surface area (Å²) < 4.78 is 0. The van der Waals surface area contributed by atoms with Gasteiger partial charge in [0.05, 0.1) is 0 Å². The summed E-state index contributed by atoms with van der Waals surface area (Å²) in [6, 6.07) is 0. The van der Waals surface area contributed by atoms with Crippen LogP contribution in [0.5, 0.6) is 0 Å². The molecule has 5 N–H and O–H groups in total. The summed E-state index contributed by atoms with van der Waals surface area (Å²) in [5.74, 6) is 16.1. The van der Waals surface area contributed by atoms with Gasteiger partial charge in [0.25, 0.3) is 0 Å². The summed E-state index contributed by atoms with van der Waals surface area (Å²) in [5.41, 5.74) is 4.31. The van der Waals surface area contributed by atoms with E-state index < -0.39 is 0 Å². The average Bonchev–Trinajstić information content (AvgIpc) is 3.10. The number of nitrogens with one attached hydrogen (secondary N) is 1. The molecule has 0 radical (unpaired) electrons. The molecule has 4 nitrogen and oxygen atoms in total. The van der Waals surface area contributed by atoms with Gasteiger partial charge in [0, 0.05) is 5.92 Å². The van der Waals surface area contributed by atoms with E-state index in [1.807, 2.05) is 13.8 Å². The maximum atomic E-state index is 5.02. The Bertz CT molecular complexity index is 671. The molecule has 0 aromatic rings. The summed E-state index contributed by atoms with van der Waals surface area (Å²) >= 11 is 0. The van der Waals surface area contributed by atoms with Crippen molar-refractivity contribution in [3.63, 3.8) is 0 Å². The first kappa shape index (κ1) is 26.8. The number of nitrogens with two attached hydrogens (primary N) is 2. The zero-order valence-electron chi connectivity index (χ0n) is 23.1. The molecule has 192 valence electrons. The Morgan fingerprint density at radius 3 is 2.24 bits per heavy atom. The van der Waals surface area contributed by atoms with Crippen LogP contribution in [-0.4, -0.2) is 5.84 Å². The van der Waals surface area contributed by atoms with Crippen LogP contribution in [0.4, 0.5) is 0 Å². The van der Waals surface area contributed by atoms with Crippen molar-refractivity contribution >= 4 is 5.84 Å². The second kappa shape index (κ2) is 10.5. The molecule has 4 aliphatic rings. The van der Waals surface area contributed by atoms with Gasteiger partial charge in [-0.1, -0.05) is 67.7 Å². The van der Waals surface area contributed by atoms with E-state index in [0.29, 0.717) is 22.1 Å². The summed E-state index contributed by atoms with van der Waals surface area (Å²) in [5, 5.41) is 3.39. The van der Waals surface area contributed by atoms with E-state index >= 15 is 0 Å². The lowest BCUT2D eigenvalue weighted by Crippen LogP contribution is -2.52. The highest BCUT2D eigenvalue weighted by atomic mass is 15.3. The predicted octanol–water partition coefficient (Wildman–Crippen LogP) is 7.24. The first-order valence-electron chi connectivity index (χ1n) is 14.3. The third-order valence-corrected chi connectivity index (χ3v) is 11.4. The quantitative estimate of drug-likeness (QED) is 0.179. The third-order valence-electron chi connectivity index (χ3n) is 11.4. The molecule has 0 bridgehead atoms. The molecule has 33 heavy (non-hydrogen) atoms. The molecule has 7 atom stereocenters. The number of amidine groups is 1. The fourth-order valence-electron chi connectivity index (χ4n) is 8.90. The number of rotatable bonds is 4. The molecule has 4 fully saturated rings. The highest BCUT2D eigenvalue weighted by Crippen LogP contribution is 2.68. The van der Waals surface area contributed by atoms with Crippen molar-refractivity contribution in [3.05, 3.63) is 0 Å². The summed E-state index contributed by atoms with van der Waals surface area (Å²) in [4.78, 5) is 0. The zero-order chi connectivity index (χ0) is 24.4. The smallest absolute Gasteiger partial charge is 0.138 e. The minimum Gasteiger partial charge on any atom is -0.322 e. The van der Waals surface area contributed by atoms with Crippen LogP contribution in [0.25, 0.3) is 0 Å². The number of fused-ring (bicyclic) bond motifs is 5. The Balaban J connectivity index is 0.000000331. The largest absolute Gasteiger partial charge is 0.322 e. The summed E-state index contributed by atoms with van der Waals surface area (Å²) in [6.45, 7) is 16.8. The van der Waals surface area contributed by atoms with Gasteiger partial charge in [-0.15, -0.1) is 0 Å². The van der Waals surface area contributed by atoms with Crippen LogP contribution in [0.3, 0.4) is 0 Å². The maximum absolute atomic E-state index is 5.02. The predicted molar refractivity (Wildman–Crippen MR) is 142 cm³/mol. The molecule has 4 saturated carbocycles. The highest BCUT2D eigenvalue weighted by molar-refractivity contribution is 5.82. The van der Waals surface area contributed by atoms with Crippen molar-refractivity contribution in [1.82, 2.24) is 5.43 Å². The minimum atomic E-state index is 0.269. The van der Waals surface area contributed by atoms with Gasteiger partial charge in [0.1, 0.15) is 5.84 Å². The first-order chi connectivity index (χ1) is 15.5. The molecule has 0 aromatic heterocycles. The van der Waals surface area contributed by atoms with Gasteiger partial charge in [-0.2, -0.15) is 5.10 Å². The van der Waals surface area contributed by atoms with Crippen molar-refractivity contribution in [2.45, 2.75) is 126 Å². The average molecular weight is 461 g/mol. The molecule has 4 rings (SSSR count). The fourth-order valence-corrected chi connectivity index (χ4v) is 8.90. The third kappa shape index (κ3) is 5.26. The highest BCUT2D eigenvalue weighted by Gasteiger charge is 2.59. The molecule has 4 aliphatic carbocycles. The molecular weight excluding hydrogens is 404 g/mol. The van der Waals surface area contributed by atoms with Gasteiger partial charge in [-0.3, -0.25) is 0 Å². The molecule has 0 heterocycles. The van der Waals surface area contributed by atoms with Crippen LogP contribution in [0.1, 0.15) is 126 Å². The Morgan fingerprint density at radius 1 is 0.970 bits per heavy atom. The van der Waals surface area contributed by atoms with E-state index in [9.17, 15) is 0 Å². The molecule has 0 aliphatic heterocycles. The number of nitrogens with zero attached hydrogens (tertiary/aromatic N) is 1. The van der Waals surface area contributed by atoms with Gasteiger partial charge in [0.2, 0.25) is 0 Å². The van der Waals surface area contributed by atoms with Crippen LogP contribution in [0.2, 0.25) is 0 Å². The summed E-state index contributed by atoms with van der Waals surface area (Å²) in [7, 11) is 0. The number of hydrogen-bond donors (Lipinski definition) is 3. The van der Waals surface area contributed by atoms with Crippen LogP contribution in [0, 0.1) is 51.8 Å². The molecule has 7 unspecified atom stereocenters. The van der Waals surface area contributed by atoms with Gasteiger partial charge < -0.3 is 11.3 Å². The second-order valence-electron chi connectivity index (χ2n) is 13.8. The first-order valence-corrected chi connectivity index (χ1v) is 14.3. The van der Waals surface area contributed by atoms with Crippen molar-refractivity contribution in [2.24, 2.45) is 68.5 Å². The van der Waals surface area contributed by atoms with E-state index in [0.717, 1.165) is 29.6 Å². The number of hydrazine groups is 1. The molecular formula is C29H56N4. The molecule has 4 heteroatoms. The van der Waals surface area contributed by atoms with Crippen LogP contribution in [0.15, 0.2) is 5.10 Å². The van der Waals surface area contributed by atoms with Gasteiger partial charge in [0.15, 0.2) is 0 Å². The zero-order valence-corrected chi connectivity index (χ0v) is 23.1. The van der Waals surface area contributed by atoms with E-state index in [1.165, 1.54) is 32.1 Å². The van der Waals surface area contributed by atoms with Crippen LogP contribution >= 0.6 is 0 Å². The molecule has 0 aromatic carbocycles. The second-order valence-corrected chi connectivity index (χ2v) is 13.8. The Kier molecular flexibility index (Phi) is 8.51.